The molecule has 0 aromatic heterocycles. The molecule has 0 saturated carbocycles. The van der Waals surface area contributed by atoms with Gasteiger partial charge in [0.1, 0.15) is 0 Å². The third kappa shape index (κ3) is 6.17. The average Bonchev–Trinajstić information content (AvgIpc) is 2.33. The van der Waals surface area contributed by atoms with E-state index in [0.717, 1.165) is 0 Å². The second-order valence-electron chi connectivity index (χ2n) is 10.7. The van der Waals surface area contributed by atoms with Gasteiger partial charge in [0.05, 0.1) is 13.7 Å². The average molecular weight is 397 g/mol. The molecule has 1 aromatic rings. The minimum atomic E-state index is -2.17. The van der Waals surface area contributed by atoms with Crippen molar-refractivity contribution >= 4 is 35.3 Å². The van der Waals surface area contributed by atoms with E-state index in [2.05, 4.69) is 105 Å². The maximum absolute atomic E-state index is 6.65. The van der Waals surface area contributed by atoms with Crippen LogP contribution >= 0.6 is 0 Å². The van der Waals surface area contributed by atoms with E-state index in [-0.39, 0.29) is 5.60 Å². The maximum atomic E-state index is 6.65. The lowest BCUT2D eigenvalue weighted by molar-refractivity contribution is 0.0932. The van der Waals surface area contributed by atoms with Crippen molar-refractivity contribution in [1.29, 1.82) is 0 Å². The highest BCUT2D eigenvalue weighted by Gasteiger charge is 2.40. The second kappa shape index (κ2) is 7.08. The number of hydrogen-bond donors (Lipinski definition) is 0. The largest absolute Gasteiger partial charge is 0.432 e. The van der Waals surface area contributed by atoms with Crippen LogP contribution in [0.1, 0.15) is 41.5 Å². The molecule has 0 aliphatic heterocycles. The molecule has 25 heavy (non-hydrogen) atoms. The Morgan fingerprint density at radius 3 is 1.44 bits per heavy atom. The van der Waals surface area contributed by atoms with Crippen LogP contribution in [0.25, 0.3) is 0 Å². The van der Waals surface area contributed by atoms with Crippen LogP contribution in [0.2, 0.25) is 44.3 Å². The molecule has 1 aromatic carbocycles. The van der Waals surface area contributed by atoms with Crippen molar-refractivity contribution in [1.82, 2.24) is 0 Å². The van der Waals surface area contributed by atoms with E-state index >= 15 is 0 Å². The van der Waals surface area contributed by atoms with Crippen LogP contribution < -0.4 is 10.4 Å². The zero-order chi connectivity index (χ0) is 19.9. The highest BCUT2D eigenvalue weighted by atomic mass is 28.4. The highest BCUT2D eigenvalue weighted by molar-refractivity contribution is 6.93. The summed E-state index contributed by atoms with van der Waals surface area (Å²) in [5.41, 5.74) is -0.160. The van der Waals surface area contributed by atoms with Crippen LogP contribution in [0.3, 0.4) is 0 Å². The first-order valence-corrected chi connectivity index (χ1v) is 18.1. The Morgan fingerprint density at radius 2 is 1.08 bits per heavy atom. The Balaban J connectivity index is 3.05. The van der Waals surface area contributed by atoms with Crippen molar-refractivity contribution in [3.8, 4) is 0 Å². The summed E-state index contributed by atoms with van der Waals surface area (Å²) >= 11 is 0. The Kier molecular flexibility index (Phi) is 6.46. The fraction of sp³-hybridized carbons (Fsp3) is 0.700. The minimum Gasteiger partial charge on any atom is -0.432 e. The summed E-state index contributed by atoms with van der Waals surface area (Å²) < 4.78 is 12.9. The van der Waals surface area contributed by atoms with Crippen molar-refractivity contribution in [3.05, 3.63) is 24.3 Å². The first kappa shape index (κ1) is 22.8. The Morgan fingerprint density at radius 1 is 0.680 bits per heavy atom. The van der Waals surface area contributed by atoms with E-state index in [9.17, 15) is 0 Å². The van der Waals surface area contributed by atoms with Crippen molar-refractivity contribution < 1.29 is 8.54 Å². The molecule has 0 atom stereocenters. The number of benzene rings is 1. The van der Waals surface area contributed by atoms with E-state index < -0.39 is 25.0 Å². The van der Waals surface area contributed by atoms with E-state index in [1.807, 2.05) is 0 Å². The molecule has 0 unspecified atom stereocenters. The molecule has 5 heteroatoms. The van der Waals surface area contributed by atoms with Gasteiger partial charge in [0.2, 0.25) is 8.32 Å². The highest BCUT2D eigenvalue weighted by Crippen LogP contribution is 2.35. The molecular weight excluding hydrogens is 356 g/mol. The maximum Gasteiger partial charge on any atom is 0.322 e. The van der Waals surface area contributed by atoms with Crippen LogP contribution in [0, 0.1) is 0 Å². The second-order valence-corrected chi connectivity index (χ2v) is 23.4. The molecule has 0 N–H and O–H groups in total. The molecule has 0 saturated heterocycles. The number of hydrogen-bond acceptors (Lipinski definition) is 2. The van der Waals surface area contributed by atoms with Gasteiger partial charge < -0.3 is 8.54 Å². The molecule has 1 rings (SSSR count). The summed E-state index contributed by atoms with van der Waals surface area (Å²) in [7, 11) is -5.64. The lowest BCUT2D eigenvalue weighted by Crippen LogP contribution is -2.56. The van der Waals surface area contributed by atoms with Gasteiger partial charge in [-0.1, -0.05) is 63.3 Å². The lowest BCUT2D eigenvalue weighted by atomic mass is 10.2. The predicted octanol–water partition coefficient (Wildman–Crippen LogP) is 5.35. The SMILES string of the molecule is CC(C)(C)O[Si](C)(C)O[Si](C)(C)c1ccc([Si](C)(C)C(C)(C)C)cc1. The predicted molar refractivity (Wildman–Crippen MR) is 120 cm³/mol. The van der Waals surface area contributed by atoms with Gasteiger partial charge in [-0.2, -0.15) is 0 Å². The van der Waals surface area contributed by atoms with Gasteiger partial charge >= 0.3 is 8.56 Å². The summed E-state index contributed by atoms with van der Waals surface area (Å²) in [6.07, 6.45) is 0. The third-order valence-electron chi connectivity index (χ3n) is 5.23. The van der Waals surface area contributed by atoms with Gasteiger partial charge in [-0.25, -0.2) is 0 Å². The van der Waals surface area contributed by atoms with Gasteiger partial charge in [-0.05, 0) is 57.2 Å². The van der Waals surface area contributed by atoms with Gasteiger partial charge in [-0.15, -0.1) is 0 Å². The van der Waals surface area contributed by atoms with E-state index in [0.29, 0.717) is 5.04 Å². The molecule has 0 radical (unpaired) electrons. The van der Waals surface area contributed by atoms with Gasteiger partial charge in [0, 0.05) is 0 Å². The van der Waals surface area contributed by atoms with Crippen LogP contribution in [0.15, 0.2) is 24.3 Å². The first-order chi connectivity index (χ1) is 10.9. The minimum absolute atomic E-state index is 0.160. The molecule has 0 aliphatic carbocycles. The third-order valence-corrected chi connectivity index (χ3v) is 17.6. The molecule has 0 amide bonds. The van der Waals surface area contributed by atoms with Crippen molar-refractivity contribution in [2.24, 2.45) is 0 Å². The molecule has 144 valence electrons. The smallest absolute Gasteiger partial charge is 0.322 e. The summed E-state index contributed by atoms with van der Waals surface area (Å²) in [4.78, 5) is 0. The van der Waals surface area contributed by atoms with Crippen molar-refractivity contribution in [2.75, 3.05) is 0 Å². The van der Waals surface area contributed by atoms with Crippen LogP contribution in [-0.2, 0) is 8.54 Å². The summed E-state index contributed by atoms with van der Waals surface area (Å²) in [6, 6.07) is 9.32. The molecule has 0 aliphatic rings. The Bertz CT molecular complexity index is 576. The zero-order valence-corrected chi connectivity index (χ0v) is 21.6. The summed E-state index contributed by atoms with van der Waals surface area (Å²) in [5, 5.41) is 3.23. The first-order valence-electron chi connectivity index (χ1n) is 9.39. The molecule has 0 fully saturated rings. The van der Waals surface area contributed by atoms with E-state index in [4.69, 9.17) is 8.54 Å². The standard InChI is InChI=1S/C20H40O2Si3/c1-19(2,3)21-25(11,12)22-24(9,10)18-15-13-17(14-16-18)23(7,8)20(4,5)6/h13-16H,1-12H3. The van der Waals surface area contributed by atoms with Gasteiger partial charge in [-0.3, -0.25) is 0 Å². The molecule has 0 bridgehead atoms. The molecule has 2 nitrogen and oxygen atoms in total. The summed E-state index contributed by atoms with van der Waals surface area (Å²) in [6.45, 7) is 27.3. The van der Waals surface area contributed by atoms with E-state index in [1.54, 1.807) is 0 Å². The molecule has 0 heterocycles. The lowest BCUT2D eigenvalue weighted by Gasteiger charge is -2.39. The Hall–Kier alpha value is -0.209. The fourth-order valence-electron chi connectivity index (χ4n) is 3.15. The van der Waals surface area contributed by atoms with E-state index in [1.165, 1.54) is 10.4 Å². The van der Waals surface area contributed by atoms with Crippen molar-refractivity contribution in [3.63, 3.8) is 0 Å². The topological polar surface area (TPSA) is 18.5 Å². The normalized spacial score (nSPS) is 14.7. The molecule has 0 spiro atoms. The number of rotatable bonds is 5. The molecular formula is C20H40O2Si3. The fourth-order valence-corrected chi connectivity index (χ4v) is 13.0. The van der Waals surface area contributed by atoms with Crippen LogP contribution in [0.5, 0.6) is 0 Å². The van der Waals surface area contributed by atoms with Crippen LogP contribution in [0.4, 0.5) is 0 Å². The zero-order valence-electron chi connectivity index (χ0n) is 18.6. The van der Waals surface area contributed by atoms with Crippen molar-refractivity contribution in [2.45, 2.75) is 91.5 Å². The summed E-state index contributed by atoms with van der Waals surface area (Å²) in [5.74, 6) is 0. The van der Waals surface area contributed by atoms with Gasteiger partial charge in [0.15, 0.2) is 0 Å². The monoisotopic (exact) mass is 396 g/mol. The van der Waals surface area contributed by atoms with Crippen LogP contribution in [-0.4, -0.2) is 30.6 Å². The quantitative estimate of drug-likeness (QED) is 0.625. The van der Waals surface area contributed by atoms with Gasteiger partial charge in [0.25, 0.3) is 0 Å². The Labute approximate surface area is 159 Å².